The summed E-state index contributed by atoms with van der Waals surface area (Å²) in [5.41, 5.74) is 0. The number of hydrogen-bond donors (Lipinski definition) is 0. The van der Waals surface area contributed by atoms with Gasteiger partial charge in [0.25, 0.3) is 0 Å². The summed E-state index contributed by atoms with van der Waals surface area (Å²) in [4.78, 5) is 37.2. The summed E-state index contributed by atoms with van der Waals surface area (Å²) in [6.45, 7) is 4.64. The van der Waals surface area contributed by atoms with Gasteiger partial charge in [-0.25, -0.2) is 0 Å². The number of rotatable bonds is 49. The summed E-state index contributed by atoms with van der Waals surface area (Å²) in [5.74, 6) is -2.29. The van der Waals surface area contributed by atoms with Crippen molar-refractivity contribution in [3.05, 3.63) is 48.6 Å². The highest BCUT2D eigenvalue weighted by Gasteiger charge is 2.22. The number of carboxylic acids is 1. The molecular weight excluding hydrogens is 815 g/mol. The van der Waals surface area contributed by atoms with Crippen LogP contribution in [0.4, 0.5) is 0 Å². The average molecular weight is 916 g/mol. The number of esters is 2. The number of likely N-dealkylation sites (N-methyl/N-ethyl adjacent to an activating group) is 1. The normalized spacial score (nSPS) is 13.2. The van der Waals surface area contributed by atoms with Crippen molar-refractivity contribution in [3.63, 3.8) is 0 Å². The third-order valence-electron chi connectivity index (χ3n) is 11.6. The molecule has 378 valence electrons. The van der Waals surface area contributed by atoms with Gasteiger partial charge in [0.1, 0.15) is 13.2 Å². The van der Waals surface area contributed by atoms with Crippen LogP contribution < -0.4 is 5.11 Å². The van der Waals surface area contributed by atoms with Crippen molar-refractivity contribution in [1.29, 1.82) is 0 Å². The monoisotopic (exact) mass is 916 g/mol. The Morgan fingerprint density at radius 1 is 0.477 bits per heavy atom. The number of carboxylic acid groups (broad SMARTS) is 1. The van der Waals surface area contributed by atoms with E-state index in [2.05, 4.69) is 62.5 Å². The lowest BCUT2D eigenvalue weighted by Gasteiger charge is -2.26. The summed E-state index contributed by atoms with van der Waals surface area (Å²) in [7, 11) is 5.91. The standard InChI is InChI=1S/C56H101NO8/c1-6-8-10-12-14-16-18-20-22-24-25-26-27-28-29-31-32-34-36-38-40-42-44-46-53(58)63-50-52(51-64-56(55(60)61)62-49-48-57(3,4)5)65-54(59)47-45-43-41-39-37-35-33-30-23-21-19-17-15-13-11-9-7-2/h9,11,15,17,21,23-25,52,56H,6-8,10,12-14,16,18-20,22,26-51H2,1-5H3/b11-9-,17-15-,23-21-,25-24-. The molecule has 0 fully saturated rings. The molecule has 2 atom stereocenters. The zero-order valence-corrected chi connectivity index (χ0v) is 42.9. The molecule has 2 unspecified atom stereocenters. The molecule has 0 aromatic carbocycles. The zero-order chi connectivity index (χ0) is 47.7. The maximum atomic E-state index is 12.8. The van der Waals surface area contributed by atoms with Crippen LogP contribution in [0, 0.1) is 0 Å². The highest BCUT2D eigenvalue weighted by Crippen LogP contribution is 2.15. The van der Waals surface area contributed by atoms with E-state index in [1.165, 1.54) is 135 Å². The van der Waals surface area contributed by atoms with E-state index >= 15 is 0 Å². The summed E-state index contributed by atoms with van der Waals surface area (Å²) < 4.78 is 22.6. The maximum Gasteiger partial charge on any atom is 0.306 e. The summed E-state index contributed by atoms with van der Waals surface area (Å²) in [5, 5.41) is 11.7. The van der Waals surface area contributed by atoms with E-state index in [-0.39, 0.29) is 38.6 Å². The van der Waals surface area contributed by atoms with Gasteiger partial charge in [0.2, 0.25) is 0 Å². The molecule has 0 saturated heterocycles. The molecule has 0 aliphatic heterocycles. The summed E-state index contributed by atoms with van der Waals surface area (Å²) in [6.07, 6.45) is 54.3. The number of nitrogens with zero attached hydrogens (tertiary/aromatic N) is 1. The van der Waals surface area contributed by atoms with Crippen molar-refractivity contribution in [2.45, 2.75) is 245 Å². The number of hydrogen-bond acceptors (Lipinski definition) is 8. The predicted octanol–water partition coefficient (Wildman–Crippen LogP) is 13.8. The van der Waals surface area contributed by atoms with Crippen LogP contribution in [-0.4, -0.2) is 82.3 Å². The van der Waals surface area contributed by atoms with Crippen LogP contribution >= 0.6 is 0 Å². The van der Waals surface area contributed by atoms with Gasteiger partial charge >= 0.3 is 11.9 Å². The Kier molecular flexibility index (Phi) is 45.7. The van der Waals surface area contributed by atoms with Crippen LogP contribution in [0.2, 0.25) is 0 Å². The first-order valence-electron chi connectivity index (χ1n) is 26.8. The van der Waals surface area contributed by atoms with E-state index < -0.39 is 24.3 Å². The lowest BCUT2D eigenvalue weighted by Crippen LogP contribution is -2.44. The molecule has 0 aromatic heterocycles. The van der Waals surface area contributed by atoms with Gasteiger partial charge in [0, 0.05) is 12.8 Å². The average Bonchev–Trinajstić information content (AvgIpc) is 3.27. The fourth-order valence-corrected chi connectivity index (χ4v) is 7.43. The number of ether oxygens (including phenoxy) is 4. The van der Waals surface area contributed by atoms with E-state index in [0.717, 1.165) is 64.2 Å². The van der Waals surface area contributed by atoms with Crippen LogP contribution in [0.5, 0.6) is 0 Å². The molecule has 0 aliphatic carbocycles. The van der Waals surface area contributed by atoms with Gasteiger partial charge in [-0.3, -0.25) is 9.59 Å². The van der Waals surface area contributed by atoms with E-state index in [9.17, 15) is 19.5 Å². The van der Waals surface area contributed by atoms with Crippen LogP contribution in [0.3, 0.4) is 0 Å². The Hall–Kier alpha value is -2.75. The van der Waals surface area contributed by atoms with Crippen LogP contribution in [0.1, 0.15) is 232 Å². The molecule has 9 heteroatoms. The third kappa shape index (κ3) is 49.0. The molecule has 9 nitrogen and oxygen atoms in total. The second kappa shape index (κ2) is 47.7. The van der Waals surface area contributed by atoms with Crippen LogP contribution in [0.25, 0.3) is 0 Å². The first-order valence-corrected chi connectivity index (χ1v) is 26.8. The molecule has 0 aromatic rings. The van der Waals surface area contributed by atoms with Gasteiger partial charge in [-0.15, -0.1) is 0 Å². The number of aliphatic carboxylic acids is 1. The SMILES string of the molecule is CC/C=C\C/C=C\C/C=C\CCCCCCCCCC(=O)OC(COC(=O)CCCCCCCCCCCCC/C=C\CCCCCCCCCC)COC(OCC[N+](C)(C)C)C(=O)[O-]. The minimum absolute atomic E-state index is 0.145. The Morgan fingerprint density at radius 2 is 0.877 bits per heavy atom. The van der Waals surface area contributed by atoms with E-state index in [0.29, 0.717) is 17.4 Å². The lowest BCUT2D eigenvalue weighted by molar-refractivity contribution is -0.870. The molecule has 65 heavy (non-hydrogen) atoms. The molecule has 0 aliphatic rings. The number of quaternary nitrogens is 1. The molecule has 0 bridgehead atoms. The zero-order valence-electron chi connectivity index (χ0n) is 42.9. The minimum Gasteiger partial charge on any atom is -0.545 e. The Labute approximate surface area is 400 Å². The van der Waals surface area contributed by atoms with Crippen molar-refractivity contribution in [2.75, 3.05) is 47.5 Å². The van der Waals surface area contributed by atoms with Crippen molar-refractivity contribution in [2.24, 2.45) is 0 Å². The summed E-state index contributed by atoms with van der Waals surface area (Å²) >= 11 is 0. The van der Waals surface area contributed by atoms with Crippen molar-refractivity contribution < 1.29 is 42.9 Å². The van der Waals surface area contributed by atoms with Gasteiger partial charge in [0.15, 0.2) is 12.4 Å². The van der Waals surface area contributed by atoms with Gasteiger partial charge in [0.05, 0.1) is 40.3 Å². The first kappa shape index (κ1) is 62.2. The maximum absolute atomic E-state index is 12.8. The molecule has 0 radical (unpaired) electrons. The molecular formula is C56H101NO8. The highest BCUT2D eigenvalue weighted by atomic mass is 16.7. The molecule has 0 rings (SSSR count). The minimum atomic E-state index is -1.62. The van der Waals surface area contributed by atoms with Gasteiger partial charge in [-0.2, -0.15) is 0 Å². The number of allylic oxidation sites excluding steroid dienone is 8. The Bertz CT molecular complexity index is 1210. The fraction of sp³-hybridized carbons (Fsp3) is 0.804. The van der Waals surface area contributed by atoms with Gasteiger partial charge < -0.3 is 33.3 Å². The molecule has 0 N–H and O–H groups in total. The van der Waals surface area contributed by atoms with E-state index in [1.54, 1.807) is 0 Å². The van der Waals surface area contributed by atoms with Crippen molar-refractivity contribution >= 4 is 17.9 Å². The van der Waals surface area contributed by atoms with Gasteiger partial charge in [-0.1, -0.05) is 197 Å². The first-order chi connectivity index (χ1) is 31.6. The van der Waals surface area contributed by atoms with E-state index in [1.807, 2.05) is 21.1 Å². The van der Waals surface area contributed by atoms with E-state index in [4.69, 9.17) is 18.9 Å². The number of carbonyl (C=O) groups is 3. The summed E-state index contributed by atoms with van der Waals surface area (Å²) in [6, 6.07) is 0. The molecule has 0 heterocycles. The quantitative estimate of drug-likeness (QED) is 0.0195. The Balaban J connectivity index is 4.28. The molecule has 0 amide bonds. The Morgan fingerprint density at radius 3 is 1.32 bits per heavy atom. The van der Waals surface area contributed by atoms with Gasteiger partial charge in [-0.05, 0) is 70.6 Å². The largest absolute Gasteiger partial charge is 0.545 e. The van der Waals surface area contributed by atoms with Crippen LogP contribution in [0.15, 0.2) is 48.6 Å². The highest BCUT2D eigenvalue weighted by molar-refractivity contribution is 5.70. The fourth-order valence-electron chi connectivity index (χ4n) is 7.43. The van der Waals surface area contributed by atoms with Crippen LogP contribution in [-0.2, 0) is 33.3 Å². The molecule has 0 spiro atoms. The topological polar surface area (TPSA) is 111 Å². The smallest absolute Gasteiger partial charge is 0.306 e. The molecule has 0 saturated carbocycles. The second-order valence-electron chi connectivity index (χ2n) is 19.1. The lowest BCUT2D eigenvalue weighted by atomic mass is 10.0. The van der Waals surface area contributed by atoms with Crippen molar-refractivity contribution in [3.8, 4) is 0 Å². The number of unbranched alkanes of at least 4 members (excludes halogenated alkanes) is 26. The van der Waals surface area contributed by atoms with Crippen molar-refractivity contribution in [1.82, 2.24) is 0 Å². The number of carbonyl (C=O) groups excluding carboxylic acids is 3. The predicted molar refractivity (Wildman–Crippen MR) is 269 cm³/mol. The second-order valence-corrected chi connectivity index (χ2v) is 19.1. The third-order valence-corrected chi connectivity index (χ3v) is 11.6.